The van der Waals surface area contributed by atoms with Crippen LogP contribution in [0, 0.1) is 5.41 Å². The highest BCUT2D eigenvalue weighted by molar-refractivity contribution is 5.97. The number of rotatable bonds is 5. The van der Waals surface area contributed by atoms with Gasteiger partial charge in [0.05, 0.1) is 24.7 Å². The number of aliphatic hydroxyl groups is 1. The zero-order valence-electron chi connectivity index (χ0n) is 18.5. The van der Waals surface area contributed by atoms with Gasteiger partial charge in [-0.3, -0.25) is 9.69 Å². The van der Waals surface area contributed by atoms with Gasteiger partial charge in [-0.2, -0.15) is 0 Å². The summed E-state index contributed by atoms with van der Waals surface area (Å²) in [5.41, 5.74) is 6.29. The van der Waals surface area contributed by atoms with Crippen LogP contribution in [-0.4, -0.2) is 79.4 Å². The molecule has 1 amide bonds. The number of β-amino-alcohol motifs (C(OH)–C–C–N with tert-alkyl or cyclic N) is 1. The van der Waals surface area contributed by atoms with Gasteiger partial charge in [-0.1, -0.05) is 24.3 Å². The highest BCUT2D eigenvalue weighted by Crippen LogP contribution is 2.40. The van der Waals surface area contributed by atoms with Gasteiger partial charge in [0, 0.05) is 57.1 Å². The number of nitrogens with zero attached hydrogens (tertiary/aromatic N) is 3. The summed E-state index contributed by atoms with van der Waals surface area (Å²) in [6.07, 6.45) is 1.33. The van der Waals surface area contributed by atoms with Crippen LogP contribution in [0.2, 0.25) is 0 Å². The van der Waals surface area contributed by atoms with Gasteiger partial charge in [-0.05, 0) is 47.7 Å². The number of benzene rings is 2. The molecule has 0 saturated carbocycles. The van der Waals surface area contributed by atoms with Crippen LogP contribution in [0.15, 0.2) is 42.5 Å². The Hall–Kier alpha value is -2.41. The van der Waals surface area contributed by atoms with Gasteiger partial charge in [-0.15, -0.1) is 0 Å². The van der Waals surface area contributed by atoms with Gasteiger partial charge < -0.3 is 19.6 Å². The summed E-state index contributed by atoms with van der Waals surface area (Å²) in [6, 6.07) is 14.8. The number of hydrogen-bond acceptors (Lipinski definition) is 5. The number of anilines is 1. The fourth-order valence-corrected chi connectivity index (χ4v) is 5.73. The normalized spacial score (nSPS) is 22.7. The first kappa shape index (κ1) is 20.2. The average Bonchev–Trinajstić information content (AvgIpc) is 2.74. The third-order valence-electron chi connectivity index (χ3n) is 7.60. The lowest BCUT2D eigenvalue weighted by Gasteiger charge is -2.56. The summed E-state index contributed by atoms with van der Waals surface area (Å²) >= 11 is 0. The van der Waals surface area contributed by atoms with E-state index in [1.165, 1.54) is 16.8 Å². The monoisotopic (exact) mass is 433 g/mol. The Bertz CT molecular complexity index is 1030. The van der Waals surface area contributed by atoms with Crippen LogP contribution in [0.5, 0.6) is 0 Å². The molecule has 1 atom stereocenters. The SMILES string of the molecule is O=C1c2ccc(N3CC4(COC4)C3)cc2CCN1CC(O)CN1CCc2ccccc2C1. The van der Waals surface area contributed by atoms with Crippen molar-refractivity contribution >= 4 is 11.6 Å². The van der Waals surface area contributed by atoms with E-state index < -0.39 is 6.10 Å². The lowest BCUT2D eigenvalue weighted by atomic mass is 9.77. The fraction of sp³-hybridized carbons (Fsp3) is 0.500. The first-order valence-electron chi connectivity index (χ1n) is 11.8. The molecular formula is C26H31N3O3. The van der Waals surface area contributed by atoms with Crippen molar-refractivity contribution in [2.45, 2.75) is 25.5 Å². The van der Waals surface area contributed by atoms with E-state index in [0.29, 0.717) is 25.0 Å². The van der Waals surface area contributed by atoms with Crippen LogP contribution in [0.1, 0.15) is 27.0 Å². The topological polar surface area (TPSA) is 56.3 Å². The minimum Gasteiger partial charge on any atom is -0.390 e. The van der Waals surface area contributed by atoms with Gasteiger partial charge in [-0.25, -0.2) is 0 Å². The summed E-state index contributed by atoms with van der Waals surface area (Å²) in [5, 5.41) is 10.7. The number of aliphatic hydroxyl groups excluding tert-OH is 1. The maximum Gasteiger partial charge on any atom is 0.254 e. The molecule has 1 unspecified atom stereocenters. The van der Waals surface area contributed by atoms with E-state index >= 15 is 0 Å². The quantitative estimate of drug-likeness (QED) is 0.781. The zero-order chi connectivity index (χ0) is 21.7. The molecule has 4 aliphatic rings. The highest BCUT2D eigenvalue weighted by Gasteiger charge is 2.49. The van der Waals surface area contributed by atoms with Gasteiger partial charge in [0.2, 0.25) is 0 Å². The predicted octanol–water partition coefficient (Wildman–Crippen LogP) is 1.94. The molecule has 1 N–H and O–H groups in total. The molecule has 1 spiro atoms. The Labute approximate surface area is 189 Å². The first-order chi connectivity index (χ1) is 15.6. The number of fused-ring (bicyclic) bond motifs is 2. The lowest BCUT2D eigenvalue weighted by molar-refractivity contribution is -0.127. The van der Waals surface area contributed by atoms with Gasteiger partial charge >= 0.3 is 0 Å². The second-order valence-electron chi connectivity index (χ2n) is 10.1. The second-order valence-corrected chi connectivity index (χ2v) is 10.1. The van der Waals surface area contributed by atoms with E-state index in [2.05, 4.69) is 46.2 Å². The van der Waals surface area contributed by atoms with Crippen molar-refractivity contribution in [1.29, 1.82) is 0 Å². The minimum absolute atomic E-state index is 0.0494. The number of hydrogen-bond donors (Lipinski definition) is 1. The van der Waals surface area contributed by atoms with Gasteiger partial charge in [0.1, 0.15) is 0 Å². The molecule has 4 aliphatic heterocycles. The van der Waals surface area contributed by atoms with Crippen molar-refractivity contribution in [2.24, 2.45) is 5.41 Å². The van der Waals surface area contributed by atoms with Crippen molar-refractivity contribution in [2.75, 3.05) is 57.4 Å². The largest absolute Gasteiger partial charge is 0.390 e. The van der Waals surface area contributed by atoms with E-state index in [1.807, 2.05) is 11.0 Å². The minimum atomic E-state index is -0.535. The van der Waals surface area contributed by atoms with E-state index in [4.69, 9.17) is 4.74 Å². The third-order valence-corrected chi connectivity index (χ3v) is 7.60. The summed E-state index contributed by atoms with van der Waals surface area (Å²) in [4.78, 5) is 19.6. The van der Waals surface area contributed by atoms with Crippen molar-refractivity contribution in [3.05, 3.63) is 64.7 Å². The molecule has 32 heavy (non-hydrogen) atoms. The molecule has 4 heterocycles. The smallest absolute Gasteiger partial charge is 0.254 e. The van der Waals surface area contributed by atoms with Crippen LogP contribution < -0.4 is 4.90 Å². The summed E-state index contributed by atoms with van der Waals surface area (Å²) in [5.74, 6) is 0.0494. The molecule has 2 aromatic rings. The maximum atomic E-state index is 13.1. The zero-order valence-corrected chi connectivity index (χ0v) is 18.5. The Morgan fingerprint density at radius 2 is 1.75 bits per heavy atom. The van der Waals surface area contributed by atoms with E-state index in [-0.39, 0.29) is 5.91 Å². The number of carbonyl (C=O) groups is 1. The Balaban J connectivity index is 1.06. The molecule has 6 nitrogen and oxygen atoms in total. The molecule has 0 aliphatic carbocycles. The number of amides is 1. The molecule has 0 aromatic heterocycles. The third kappa shape index (κ3) is 3.60. The molecule has 2 aromatic carbocycles. The molecule has 2 fully saturated rings. The molecule has 6 rings (SSSR count). The van der Waals surface area contributed by atoms with Gasteiger partial charge in [0.25, 0.3) is 5.91 Å². The number of ether oxygens (including phenoxy) is 1. The Morgan fingerprint density at radius 3 is 2.53 bits per heavy atom. The van der Waals surface area contributed by atoms with Crippen LogP contribution in [0.3, 0.4) is 0 Å². The Kier molecular flexibility index (Phi) is 4.97. The standard InChI is InChI=1S/C26H31N3O3/c30-23(13-27-9-7-19-3-1-2-4-21(19)12-27)14-28-10-8-20-11-22(5-6-24(20)25(28)31)29-15-26(16-29)17-32-18-26/h1-6,11,23,30H,7-10,12-18H2. The maximum absolute atomic E-state index is 13.1. The molecule has 168 valence electrons. The van der Waals surface area contributed by atoms with Crippen molar-refractivity contribution < 1.29 is 14.6 Å². The van der Waals surface area contributed by atoms with Crippen LogP contribution >= 0.6 is 0 Å². The van der Waals surface area contributed by atoms with E-state index in [1.54, 1.807) is 0 Å². The molecule has 0 radical (unpaired) electrons. The average molecular weight is 434 g/mol. The van der Waals surface area contributed by atoms with Crippen LogP contribution in [0.25, 0.3) is 0 Å². The van der Waals surface area contributed by atoms with Crippen molar-refractivity contribution in [3.8, 4) is 0 Å². The summed E-state index contributed by atoms with van der Waals surface area (Å²) < 4.78 is 5.38. The predicted molar refractivity (Wildman–Crippen MR) is 123 cm³/mol. The fourth-order valence-electron chi connectivity index (χ4n) is 5.73. The van der Waals surface area contributed by atoms with Crippen LogP contribution in [0.4, 0.5) is 5.69 Å². The molecule has 6 heteroatoms. The summed E-state index contributed by atoms with van der Waals surface area (Å²) in [7, 11) is 0. The van der Waals surface area contributed by atoms with Crippen LogP contribution in [-0.2, 0) is 24.1 Å². The van der Waals surface area contributed by atoms with Gasteiger partial charge in [0.15, 0.2) is 0 Å². The van der Waals surface area contributed by atoms with Crippen molar-refractivity contribution in [3.63, 3.8) is 0 Å². The molecule has 2 saturated heterocycles. The highest BCUT2D eigenvalue weighted by atomic mass is 16.5. The lowest BCUT2D eigenvalue weighted by Crippen LogP contribution is -2.66. The Morgan fingerprint density at radius 1 is 0.969 bits per heavy atom. The van der Waals surface area contributed by atoms with E-state index in [0.717, 1.165) is 63.4 Å². The summed E-state index contributed by atoms with van der Waals surface area (Å²) in [6.45, 7) is 7.37. The first-order valence-corrected chi connectivity index (χ1v) is 11.8. The molecule has 0 bridgehead atoms. The second kappa shape index (κ2) is 7.87. The van der Waals surface area contributed by atoms with E-state index in [9.17, 15) is 9.90 Å². The molecular weight excluding hydrogens is 402 g/mol. The van der Waals surface area contributed by atoms with Crippen molar-refractivity contribution in [1.82, 2.24) is 9.80 Å². The number of carbonyl (C=O) groups excluding carboxylic acids is 1.